The van der Waals surface area contributed by atoms with Gasteiger partial charge >= 0.3 is 6.72 Å². The number of fused-ring (bicyclic) bond motifs is 1. The molecule has 0 spiro atoms. The van der Waals surface area contributed by atoms with Crippen molar-refractivity contribution in [3.05, 3.63) is 16.7 Å². The third kappa shape index (κ3) is 3.43. The van der Waals surface area contributed by atoms with Crippen LogP contribution in [0.1, 0.15) is 12.6 Å². The Balaban J connectivity index is 1.84. The fourth-order valence-corrected chi connectivity index (χ4v) is 2.88. The number of nitrogens with zero attached hydrogens (tertiary/aromatic N) is 3. The summed E-state index contributed by atoms with van der Waals surface area (Å²) < 4.78 is 11.8. The van der Waals surface area contributed by atoms with Gasteiger partial charge in [0.05, 0.1) is 19.0 Å². The third-order valence-corrected chi connectivity index (χ3v) is 4.17. The van der Waals surface area contributed by atoms with E-state index in [-0.39, 0.29) is 30.1 Å². The van der Waals surface area contributed by atoms with Crippen molar-refractivity contribution in [2.24, 2.45) is 0 Å². The van der Waals surface area contributed by atoms with Crippen molar-refractivity contribution in [3.63, 3.8) is 0 Å². The van der Waals surface area contributed by atoms with Gasteiger partial charge in [0.25, 0.3) is 5.56 Å². The second kappa shape index (κ2) is 5.91. The number of nitrogens with two attached hydrogens (primary N) is 1. The third-order valence-electron chi connectivity index (χ3n) is 3.37. The first-order valence-corrected chi connectivity index (χ1v) is 9.13. The summed E-state index contributed by atoms with van der Waals surface area (Å²) in [5.41, 5.74) is 5.36. The maximum absolute atomic E-state index is 11.7. The largest absolute Gasteiger partial charge is 0.390 e. The molecule has 3 rings (SSSR count). The van der Waals surface area contributed by atoms with Crippen LogP contribution in [0.25, 0.3) is 11.2 Å². The second-order valence-corrected chi connectivity index (χ2v) is 7.66. The summed E-state index contributed by atoms with van der Waals surface area (Å²) in [6.07, 6.45) is -0.854. The summed E-state index contributed by atoms with van der Waals surface area (Å²) in [5.74, 6) is -0.0658. The van der Waals surface area contributed by atoms with Crippen molar-refractivity contribution in [3.8, 4) is 0 Å². The molecule has 0 aliphatic carbocycles. The van der Waals surface area contributed by atoms with E-state index >= 15 is 0 Å². The molecule has 3 atom stereocenters. The first-order chi connectivity index (χ1) is 10.7. The Hall–Kier alpha value is -1.40. The predicted molar refractivity (Wildman–Crippen MR) is 81.8 cm³/mol. The van der Waals surface area contributed by atoms with Gasteiger partial charge in [-0.1, -0.05) is 0 Å². The average Bonchev–Trinajstić information content (AvgIpc) is 2.99. The maximum Gasteiger partial charge on any atom is 0.321 e. The van der Waals surface area contributed by atoms with E-state index < -0.39 is 30.7 Å². The zero-order valence-electron chi connectivity index (χ0n) is 11.6. The van der Waals surface area contributed by atoms with E-state index in [4.69, 9.17) is 24.8 Å². The highest BCUT2D eigenvalue weighted by Gasteiger charge is 2.36. The van der Waals surface area contributed by atoms with Gasteiger partial charge in [-0.2, -0.15) is 4.98 Å². The van der Waals surface area contributed by atoms with Gasteiger partial charge in [0.1, 0.15) is 12.3 Å². The summed E-state index contributed by atoms with van der Waals surface area (Å²) in [4.78, 5) is 40.2. The number of aliphatic hydroxyl groups excluding tert-OH is 1. The molecule has 0 saturated carbocycles. The number of imidazole rings is 1. The van der Waals surface area contributed by atoms with Crippen LogP contribution in [-0.4, -0.2) is 53.2 Å². The van der Waals surface area contributed by atoms with Crippen molar-refractivity contribution < 1.29 is 24.2 Å². The second-order valence-electron chi connectivity index (χ2n) is 4.99. The van der Waals surface area contributed by atoms with Gasteiger partial charge in [-0.25, -0.2) is 4.98 Å². The van der Waals surface area contributed by atoms with Gasteiger partial charge in [-0.05, 0) is 11.8 Å². The van der Waals surface area contributed by atoms with E-state index in [9.17, 15) is 9.90 Å². The van der Waals surface area contributed by atoms with Gasteiger partial charge in [0, 0.05) is 6.42 Å². The Labute approximate surface area is 134 Å². The molecule has 2 aromatic heterocycles. The average molecular weight is 363 g/mol. The number of H-pyrrole nitrogens is 1. The van der Waals surface area contributed by atoms with Crippen LogP contribution in [0.2, 0.25) is 0 Å². The van der Waals surface area contributed by atoms with Crippen molar-refractivity contribution in [2.75, 3.05) is 12.3 Å². The molecule has 1 unspecified atom stereocenters. The van der Waals surface area contributed by atoms with E-state index in [2.05, 4.69) is 26.8 Å². The Morgan fingerprint density at radius 3 is 3.04 bits per heavy atom. The SMILES string of the molecule is Nc1nc2c(ncn2[C@H]2C[C@H](O)C(COP(O)(O)=S)O2)c(=O)[nH]1. The molecule has 1 aliphatic heterocycles. The molecule has 1 fully saturated rings. The topological polar surface area (TPSA) is 169 Å². The number of hydrogen-bond donors (Lipinski definition) is 5. The van der Waals surface area contributed by atoms with Crippen LogP contribution in [0.5, 0.6) is 0 Å². The number of nitrogens with one attached hydrogen (secondary N) is 1. The van der Waals surface area contributed by atoms with E-state index in [1.807, 2.05) is 0 Å². The lowest BCUT2D eigenvalue weighted by Gasteiger charge is -2.17. The number of aromatic nitrogens is 4. The van der Waals surface area contributed by atoms with Gasteiger partial charge in [-0.3, -0.25) is 14.3 Å². The molecule has 0 aromatic carbocycles. The first-order valence-electron chi connectivity index (χ1n) is 6.50. The number of rotatable bonds is 4. The maximum atomic E-state index is 11.7. The van der Waals surface area contributed by atoms with Crippen molar-refractivity contribution in [2.45, 2.75) is 24.9 Å². The molecular formula is C10H14N5O6PS. The summed E-state index contributed by atoms with van der Waals surface area (Å²) in [6.45, 7) is -4.10. The molecule has 126 valence electrons. The monoisotopic (exact) mass is 363 g/mol. The summed E-state index contributed by atoms with van der Waals surface area (Å²) >= 11 is 4.34. The highest BCUT2D eigenvalue weighted by atomic mass is 32.5. The lowest BCUT2D eigenvalue weighted by molar-refractivity contribution is -0.0399. The summed E-state index contributed by atoms with van der Waals surface area (Å²) in [5, 5.41) is 10.00. The number of hydrogen-bond acceptors (Lipinski definition) is 8. The molecule has 0 bridgehead atoms. The standard InChI is InChI=1S/C10H14N5O6PS/c11-10-13-8-7(9(17)14-10)12-3-15(8)6-1-4(16)5(21-6)2-20-22(18,19)23/h3-6,16H,1-2H2,(H2,18,19,23)(H3,11,13,14,17)/t4-,5?,6+/m0/s1. The first kappa shape index (κ1) is 16.5. The molecule has 6 N–H and O–H groups in total. The molecule has 23 heavy (non-hydrogen) atoms. The quantitative estimate of drug-likeness (QED) is 0.406. The van der Waals surface area contributed by atoms with Gasteiger partial charge in [0.2, 0.25) is 5.95 Å². The number of aliphatic hydroxyl groups is 1. The lowest BCUT2D eigenvalue weighted by Crippen LogP contribution is -2.25. The molecule has 1 aliphatic rings. The molecule has 2 aromatic rings. The number of aromatic amines is 1. The van der Waals surface area contributed by atoms with Crippen LogP contribution < -0.4 is 11.3 Å². The van der Waals surface area contributed by atoms with Crippen LogP contribution in [0.15, 0.2) is 11.1 Å². The zero-order chi connectivity index (χ0) is 16.8. The fraction of sp³-hybridized carbons (Fsp3) is 0.500. The van der Waals surface area contributed by atoms with Crippen LogP contribution in [0.3, 0.4) is 0 Å². The van der Waals surface area contributed by atoms with Crippen LogP contribution in [0, 0.1) is 0 Å². The molecule has 0 amide bonds. The van der Waals surface area contributed by atoms with E-state index in [0.29, 0.717) is 0 Å². The minimum atomic E-state index is -3.83. The Morgan fingerprint density at radius 2 is 2.35 bits per heavy atom. The van der Waals surface area contributed by atoms with Gasteiger partial charge in [-0.15, -0.1) is 0 Å². The minimum Gasteiger partial charge on any atom is -0.390 e. The van der Waals surface area contributed by atoms with Crippen molar-refractivity contribution in [1.29, 1.82) is 0 Å². The van der Waals surface area contributed by atoms with Crippen LogP contribution in [-0.2, 0) is 21.1 Å². The molecule has 0 radical (unpaired) electrons. The van der Waals surface area contributed by atoms with Gasteiger partial charge in [0.15, 0.2) is 11.2 Å². The smallest absolute Gasteiger partial charge is 0.321 e. The normalized spacial score (nSPS) is 25.3. The lowest BCUT2D eigenvalue weighted by atomic mass is 10.2. The minimum absolute atomic E-state index is 0.0658. The van der Waals surface area contributed by atoms with Crippen LogP contribution >= 0.6 is 6.72 Å². The molecule has 1 saturated heterocycles. The number of ether oxygens (including phenoxy) is 1. The zero-order valence-corrected chi connectivity index (χ0v) is 13.3. The van der Waals surface area contributed by atoms with Crippen molar-refractivity contribution >= 4 is 35.6 Å². The molecule has 11 nitrogen and oxygen atoms in total. The predicted octanol–water partition coefficient (Wildman–Crippen LogP) is -1.42. The molecular weight excluding hydrogens is 349 g/mol. The van der Waals surface area contributed by atoms with Crippen molar-refractivity contribution in [1.82, 2.24) is 19.5 Å². The Kier molecular flexibility index (Phi) is 4.23. The highest BCUT2D eigenvalue weighted by Crippen LogP contribution is 2.38. The van der Waals surface area contributed by atoms with E-state index in [1.165, 1.54) is 10.9 Å². The fourth-order valence-electron chi connectivity index (χ4n) is 2.36. The van der Waals surface area contributed by atoms with E-state index in [1.54, 1.807) is 0 Å². The summed E-state index contributed by atoms with van der Waals surface area (Å²) in [7, 11) is 0. The number of anilines is 1. The highest BCUT2D eigenvalue weighted by molar-refractivity contribution is 8.06. The molecule has 3 heterocycles. The summed E-state index contributed by atoms with van der Waals surface area (Å²) in [6, 6.07) is 0. The van der Waals surface area contributed by atoms with E-state index in [0.717, 1.165) is 0 Å². The van der Waals surface area contributed by atoms with Gasteiger partial charge < -0.3 is 29.9 Å². The van der Waals surface area contributed by atoms with Crippen LogP contribution in [0.4, 0.5) is 5.95 Å². The Morgan fingerprint density at radius 1 is 1.61 bits per heavy atom. The molecule has 13 heteroatoms. The Bertz CT molecular complexity index is 833. The number of nitrogen functional groups attached to an aromatic ring is 1.